The van der Waals surface area contributed by atoms with Crippen LogP contribution in [0.15, 0.2) is 36.6 Å². The Kier molecular flexibility index (Phi) is 2.97. The molecular formula is C15H17NO3S. The SMILES string of the molecule is CC1(S(=O)(=O)n2ccc3c2CC(=O)CC3)C=CC=CC1. The van der Waals surface area contributed by atoms with E-state index in [0.29, 0.717) is 25.0 Å². The van der Waals surface area contributed by atoms with Crippen molar-refractivity contribution in [3.05, 3.63) is 47.8 Å². The molecule has 2 aliphatic carbocycles. The maximum atomic E-state index is 12.9. The van der Waals surface area contributed by atoms with Gasteiger partial charge in [0.2, 0.25) is 10.0 Å². The average molecular weight is 291 g/mol. The normalized spacial score (nSPS) is 25.8. The fourth-order valence-corrected chi connectivity index (χ4v) is 4.50. The minimum absolute atomic E-state index is 0.108. The lowest BCUT2D eigenvalue weighted by Gasteiger charge is -2.28. The number of nitrogens with zero attached hydrogens (tertiary/aromatic N) is 1. The van der Waals surface area contributed by atoms with Crippen LogP contribution >= 0.6 is 0 Å². The third-order valence-corrected chi connectivity index (χ3v) is 6.49. The highest BCUT2D eigenvalue weighted by Gasteiger charge is 2.39. The molecule has 0 bridgehead atoms. The fourth-order valence-electron chi connectivity index (χ4n) is 2.80. The van der Waals surface area contributed by atoms with Gasteiger partial charge in [-0.15, -0.1) is 0 Å². The Labute approximate surface area is 118 Å². The van der Waals surface area contributed by atoms with Gasteiger partial charge in [0, 0.05) is 24.7 Å². The van der Waals surface area contributed by atoms with Crippen molar-refractivity contribution in [2.75, 3.05) is 0 Å². The number of allylic oxidation sites excluding steroid dienone is 3. The summed E-state index contributed by atoms with van der Waals surface area (Å²) in [7, 11) is -3.56. The van der Waals surface area contributed by atoms with E-state index in [1.165, 1.54) is 3.97 Å². The first-order valence-corrected chi connectivity index (χ1v) is 8.18. The topological polar surface area (TPSA) is 56.1 Å². The van der Waals surface area contributed by atoms with Crippen molar-refractivity contribution in [1.82, 2.24) is 3.97 Å². The summed E-state index contributed by atoms with van der Waals surface area (Å²) < 4.78 is 26.2. The molecule has 0 amide bonds. The van der Waals surface area contributed by atoms with Crippen molar-refractivity contribution in [2.24, 2.45) is 0 Å². The molecule has 0 N–H and O–H groups in total. The molecule has 0 saturated heterocycles. The average Bonchev–Trinajstić information content (AvgIpc) is 2.82. The molecule has 20 heavy (non-hydrogen) atoms. The number of carbonyl (C=O) groups excluding carboxylic acids is 1. The van der Waals surface area contributed by atoms with E-state index in [0.717, 1.165) is 5.56 Å². The molecule has 5 heteroatoms. The number of hydrogen-bond acceptors (Lipinski definition) is 3. The first-order chi connectivity index (χ1) is 9.44. The lowest BCUT2D eigenvalue weighted by molar-refractivity contribution is -0.118. The molecule has 1 atom stereocenters. The van der Waals surface area contributed by atoms with E-state index in [1.54, 1.807) is 25.3 Å². The van der Waals surface area contributed by atoms with Gasteiger partial charge >= 0.3 is 0 Å². The van der Waals surface area contributed by atoms with Gasteiger partial charge in [0.1, 0.15) is 10.5 Å². The van der Waals surface area contributed by atoms with Gasteiger partial charge in [-0.1, -0.05) is 24.3 Å². The van der Waals surface area contributed by atoms with Crippen LogP contribution < -0.4 is 0 Å². The molecule has 1 heterocycles. The Bertz CT molecular complexity index is 724. The molecule has 0 aromatic carbocycles. The lowest BCUT2D eigenvalue weighted by atomic mass is 9.97. The van der Waals surface area contributed by atoms with Crippen LogP contribution in [0.25, 0.3) is 0 Å². The maximum Gasteiger partial charge on any atom is 0.248 e. The molecule has 1 aromatic heterocycles. The highest BCUT2D eigenvalue weighted by molar-refractivity contribution is 7.91. The van der Waals surface area contributed by atoms with Crippen LogP contribution in [0.1, 0.15) is 31.0 Å². The van der Waals surface area contributed by atoms with Crippen molar-refractivity contribution in [3.63, 3.8) is 0 Å². The summed E-state index contributed by atoms with van der Waals surface area (Å²) in [6.45, 7) is 1.72. The van der Waals surface area contributed by atoms with Gasteiger partial charge in [0.25, 0.3) is 0 Å². The van der Waals surface area contributed by atoms with Crippen molar-refractivity contribution in [1.29, 1.82) is 0 Å². The van der Waals surface area contributed by atoms with Crippen LogP contribution in [-0.4, -0.2) is 22.9 Å². The van der Waals surface area contributed by atoms with E-state index in [9.17, 15) is 13.2 Å². The van der Waals surface area contributed by atoms with Crippen molar-refractivity contribution in [2.45, 2.75) is 37.4 Å². The lowest BCUT2D eigenvalue weighted by Crippen LogP contribution is -2.39. The molecule has 2 aliphatic rings. The van der Waals surface area contributed by atoms with E-state index in [4.69, 9.17) is 0 Å². The quantitative estimate of drug-likeness (QED) is 0.837. The Balaban J connectivity index is 2.09. The second-order valence-electron chi connectivity index (χ2n) is 5.61. The Morgan fingerprint density at radius 2 is 2.05 bits per heavy atom. The van der Waals surface area contributed by atoms with Crippen LogP contribution in [0, 0.1) is 0 Å². The summed E-state index contributed by atoms with van der Waals surface area (Å²) in [4.78, 5) is 11.6. The third kappa shape index (κ3) is 1.88. The monoisotopic (exact) mass is 291 g/mol. The van der Waals surface area contributed by atoms with Crippen molar-refractivity contribution >= 4 is 15.8 Å². The fraction of sp³-hybridized carbons (Fsp3) is 0.400. The Morgan fingerprint density at radius 1 is 1.25 bits per heavy atom. The second kappa shape index (κ2) is 4.45. The molecular weight excluding hydrogens is 274 g/mol. The van der Waals surface area contributed by atoms with Gasteiger partial charge in [-0.3, -0.25) is 4.79 Å². The van der Waals surface area contributed by atoms with Gasteiger partial charge < -0.3 is 0 Å². The summed E-state index contributed by atoms with van der Waals surface area (Å²) in [5, 5.41) is 0. The van der Waals surface area contributed by atoms with Crippen LogP contribution in [0.3, 0.4) is 0 Å². The van der Waals surface area contributed by atoms with E-state index < -0.39 is 14.8 Å². The molecule has 1 unspecified atom stereocenters. The number of hydrogen-bond donors (Lipinski definition) is 0. The molecule has 106 valence electrons. The molecule has 0 radical (unpaired) electrons. The third-order valence-electron chi connectivity index (χ3n) is 4.15. The van der Waals surface area contributed by atoms with Crippen LogP contribution in [0.4, 0.5) is 0 Å². The van der Waals surface area contributed by atoms with Crippen LogP contribution in [0.2, 0.25) is 0 Å². The van der Waals surface area contributed by atoms with Gasteiger partial charge in [-0.2, -0.15) is 0 Å². The largest absolute Gasteiger partial charge is 0.299 e. The smallest absolute Gasteiger partial charge is 0.248 e. The van der Waals surface area contributed by atoms with Crippen LogP contribution in [0.5, 0.6) is 0 Å². The number of ketones is 1. The predicted molar refractivity (Wildman–Crippen MR) is 77.1 cm³/mol. The van der Waals surface area contributed by atoms with Crippen molar-refractivity contribution in [3.8, 4) is 0 Å². The molecule has 0 saturated carbocycles. The van der Waals surface area contributed by atoms with E-state index in [2.05, 4.69) is 0 Å². The van der Waals surface area contributed by atoms with Crippen molar-refractivity contribution < 1.29 is 13.2 Å². The van der Waals surface area contributed by atoms with E-state index in [-0.39, 0.29) is 12.2 Å². The number of rotatable bonds is 2. The highest BCUT2D eigenvalue weighted by Crippen LogP contribution is 2.32. The molecule has 4 nitrogen and oxygen atoms in total. The zero-order valence-electron chi connectivity index (χ0n) is 11.4. The number of aryl methyl sites for hydroxylation is 1. The maximum absolute atomic E-state index is 12.9. The van der Waals surface area contributed by atoms with Gasteiger partial charge in [0.05, 0.1) is 0 Å². The predicted octanol–water partition coefficient (Wildman–Crippen LogP) is 2.00. The minimum Gasteiger partial charge on any atom is -0.299 e. The van der Waals surface area contributed by atoms with Gasteiger partial charge in [-0.05, 0) is 31.4 Å². The minimum atomic E-state index is -3.56. The molecule has 0 spiro atoms. The summed E-state index contributed by atoms with van der Waals surface area (Å²) in [6, 6.07) is 1.82. The number of aromatic nitrogens is 1. The van der Waals surface area contributed by atoms with Crippen LogP contribution in [-0.2, 0) is 27.7 Å². The van der Waals surface area contributed by atoms with Gasteiger partial charge in [0.15, 0.2) is 0 Å². The summed E-state index contributed by atoms with van der Waals surface area (Å²) in [6.07, 6.45) is 10.6. The first-order valence-electron chi connectivity index (χ1n) is 6.74. The Morgan fingerprint density at radius 3 is 2.75 bits per heavy atom. The highest BCUT2D eigenvalue weighted by atomic mass is 32.2. The number of Topliss-reactive ketones (excluding diaryl/α,β-unsaturated/α-hetero) is 1. The summed E-state index contributed by atoms with van der Waals surface area (Å²) >= 11 is 0. The number of fused-ring (bicyclic) bond motifs is 1. The summed E-state index contributed by atoms with van der Waals surface area (Å²) in [5.74, 6) is 0.108. The van der Waals surface area contributed by atoms with Gasteiger partial charge in [-0.25, -0.2) is 12.4 Å². The molecule has 3 rings (SSSR count). The van der Waals surface area contributed by atoms with E-state index >= 15 is 0 Å². The first kappa shape index (κ1) is 13.4. The second-order valence-corrected chi connectivity index (χ2v) is 7.88. The zero-order chi connectivity index (χ0) is 14.4. The van der Waals surface area contributed by atoms with E-state index in [1.807, 2.05) is 18.2 Å². The molecule has 0 aliphatic heterocycles. The molecule has 1 aromatic rings. The standard InChI is InChI=1S/C15H17NO3S/c1-15(8-3-2-4-9-15)20(18,19)16-10-7-12-5-6-13(17)11-14(12)16/h2-4,7-8,10H,5-6,9,11H2,1H3. The number of carbonyl (C=O) groups is 1. The molecule has 0 fully saturated rings. The summed E-state index contributed by atoms with van der Waals surface area (Å²) in [5.41, 5.74) is 1.62. The Hall–Kier alpha value is -1.62. The zero-order valence-corrected chi connectivity index (χ0v) is 12.2.